The third kappa shape index (κ3) is 2.92. The summed E-state index contributed by atoms with van der Waals surface area (Å²) < 4.78 is 44.7. The maximum absolute atomic E-state index is 13.1. The zero-order chi connectivity index (χ0) is 16.6. The van der Waals surface area contributed by atoms with Crippen LogP contribution in [0.25, 0.3) is 20.8 Å². The molecule has 118 valence electrons. The lowest BCUT2D eigenvalue weighted by molar-refractivity contribution is -0.137. The fraction of sp³-hybridized carbons (Fsp3) is 0.125. The monoisotopic (exact) mass is 337 g/mol. The summed E-state index contributed by atoms with van der Waals surface area (Å²) in [6.07, 6.45) is -4.45. The van der Waals surface area contributed by atoms with Gasteiger partial charge in [-0.3, -0.25) is 0 Å². The summed E-state index contributed by atoms with van der Waals surface area (Å²) >= 11 is 1.15. The van der Waals surface area contributed by atoms with Crippen molar-refractivity contribution >= 4 is 27.5 Å². The van der Waals surface area contributed by atoms with Crippen LogP contribution in [0.4, 0.5) is 13.2 Å². The fourth-order valence-corrected chi connectivity index (χ4v) is 3.19. The molecule has 0 aliphatic heterocycles. The predicted molar refractivity (Wildman–Crippen MR) is 81.4 cm³/mol. The summed E-state index contributed by atoms with van der Waals surface area (Å²) in [7, 11) is 1.26. The molecule has 0 saturated carbocycles. The quantitative estimate of drug-likeness (QED) is 0.632. The number of nitrogens with zero attached hydrogens (tertiary/aromatic N) is 1. The van der Waals surface area contributed by atoms with Gasteiger partial charge in [-0.15, -0.1) is 11.3 Å². The van der Waals surface area contributed by atoms with E-state index in [4.69, 9.17) is 0 Å². The lowest BCUT2D eigenvalue weighted by atomic mass is 10.1. The van der Waals surface area contributed by atoms with Crippen molar-refractivity contribution in [2.45, 2.75) is 6.18 Å². The Labute approximate surface area is 133 Å². The number of hydrogen-bond acceptors (Lipinski definition) is 4. The van der Waals surface area contributed by atoms with Crippen LogP contribution in [0.2, 0.25) is 0 Å². The molecule has 3 nitrogen and oxygen atoms in total. The second-order valence-electron chi connectivity index (χ2n) is 4.74. The lowest BCUT2D eigenvalue weighted by Gasteiger charge is -2.10. The lowest BCUT2D eigenvalue weighted by Crippen LogP contribution is -2.06. The fourth-order valence-electron chi connectivity index (χ4n) is 2.20. The molecule has 0 unspecified atom stereocenters. The summed E-state index contributed by atoms with van der Waals surface area (Å²) in [5.74, 6) is -0.517. The molecule has 0 radical (unpaired) electrons. The average molecular weight is 337 g/mol. The first-order valence-electron chi connectivity index (χ1n) is 6.55. The maximum Gasteiger partial charge on any atom is 0.417 e. The average Bonchev–Trinajstić information content (AvgIpc) is 2.96. The molecule has 2 aromatic carbocycles. The first-order chi connectivity index (χ1) is 10.9. The Bertz CT molecular complexity index is 886. The normalized spacial score (nSPS) is 11.7. The first kappa shape index (κ1) is 15.5. The molecular formula is C16H10F3NO2S. The molecule has 0 N–H and O–H groups in total. The minimum absolute atomic E-state index is 0.0285. The Morgan fingerprint density at radius 2 is 1.91 bits per heavy atom. The van der Waals surface area contributed by atoms with Crippen molar-refractivity contribution in [3.05, 3.63) is 53.6 Å². The predicted octanol–water partition coefficient (Wildman–Crippen LogP) is 4.77. The largest absolute Gasteiger partial charge is 0.465 e. The van der Waals surface area contributed by atoms with E-state index < -0.39 is 17.7 Å². The van der Waals surface area contributed by atoms with Crippen LogP contribution in [0.5, 0.6) is 0 Å². The smallest absolute Gasteiger partial charge is 0.417 e. The minimum Gasteiger partial charge on any atom is -0.465 e. The summed E-state index contributed by atoms with van der Waals surface area (Å²) in [6, 6.07) is 10.0. The number of esters is 1. The molecule has 3 aromatic rings. The van der Waals surface area contributed by atoms with Crippen LogP contribution in [0.15, 0.2) is 42.5 Å². The maximum atomic E-state index is 13.1. The van der Waals surface area contributed by atoms with Crippen molar-refractivity contribution in [2.24, 2.45) is 0 Å². The Hall–Kier alpha value is -2.41. The molecular weight excluding hydrogens is 327 g/mol. The molecule has 0 saturated heterocycles. The molecule has 0 aliphatic rings. The molecule has 0 fully saturated rings. The number of methoxy groups -OCH3 is 1. The summed E-state index contributed by atoms with van der Waals surface area (Å²) in [5.41, 5.74) is 0.0684. The molecule has 0 aliphatic carbocycles. The number of alkyl halides is 3. The Morgan fingerprint density at radius 1 is 1.17 bits per heavy atom. The summed E-state index contributed by atoms with van der Waals surface area (Å²) in [5, 5.41) is 0.259. The van der Waals surface area contributed by atoms with Gasteiger partial charge in [0, 0.05) is 5.56 Å². The zero-order valence-corrected chi connectivity index (χ0v) is 12.7. The van der Waals surface area contributed by atoms with E-state index in [1.807, 2.05) is 0 Å². The molecule has 0 amide bonds. The van der Waals surface area contributed by atoms with Crippen LogP contribution in [0, 0.1) is 0 Å². The van der Waals surface area contributed by atoms with Gasteiger partial charge in [0.15, 0.2) is 0 Å². The highest BCUT2D eigenvalue weighted by atomic mass is 32.1. The number of hydrogen-bond donors (Lipinski definition) is 0. The van der Waals surface area contributed by atoms with E-state index in [0.29, 0.717) is 15.8 Å². The number of fused-ring (bicyclic) bond motifs is 1. The number of benzene rings is 2. The van der Waals surface area contributed by atoms with Crippen LogP contribution in [0.1, 0.15) is 15.9 Å². The Kier molecular flexibility index (Phi) is 3.81. The van der Waals surface area contributed by atoms with E-state index in [2.05, 4.69) is 9.72 Å². The van der Waals surface area contributed by atoms with Crippen LogP contribution in [-0.2, 0) is 10.9 Å². The van der Waals surface area contributed by atoms with Crippen LogP contribution in [-0.4, -0.2) is 18.1 Å². The van der Waals surface area contributed by atoms with E-state index in [-0.39, 0.29) is 10.6 Å². The number of halogens is 3. The number of aromatic nitrogens is 1. The van der Waals surface area contributed by atoms with E-state index in [1.165, 1.54) is 31.4 Å². The Balaban J connectivity index is 2.14. The van der Waals surface area contributed by atoms with Crippen molar-refractivity contribution in [3.63, 3.8) is 0 Å². The SMILES string of the molecule is COC(=O)c1ccc2sc(-c3ccccc3C(F)(F)F)nc2c1. The van der Waals surface area contributed by atoms with Crippen LogP contribution in [0.3, 0.4) is 0 Å². The standard InChI is InChI=1S/C16H10F3NO2S/c1-22-15(21)9-6-7-13-12(8-9)20-14(23-13)10-4-2-3-5-11(10)16(17,18)19/h2-8H,1H3. The number of ether oxygens (including phenoxy) is 1. The molecule has 1 heterocycles. The first-order valence-corrected chi connectivity index (χ1v) is 7.37. The third-order valence-corrected chi connectivity index (χ3v) is 4.34. The summed E-state index contributed by atoms with van der Waals surface area (Å²) in [4.78, 5) is 15.8. The van der Waals surface area contributed by atoms with Crippen LogP contribution < -0.4 is 0 Å². The highest BCUT2D eigenvalue weighted by Crippen LogP contribution is 2.39. The van der Waals surface area contributed by atoms with Crippen molar-refractivity contribution in [1.82, 2.24) is 4.98 Å². The van der Waals surface area contributed by atoms with E-state index in [9.17, 15) is 18.0 Å². The second-order valence-corrected chi connectivity index (χ2v) is 5.77. The van der Waals surface area contributed by atoms with Gasteiger partial charge in [0.05, 0.1) is 28.5 Å². The van der Waals surface area contributed by atoms with Gasteiger partial charge in [0.25, 0.3) is 0 Å². The topological polar surface area (TPSA) is 39.2 Å². The van der Waals surface area contributed by atoms with Gasteiger partial charge in [-0.2, -0.15) is 13.2 Å². The molecule has 7 heteroatoms. The van der Waals surface area contributed by atoms with Gasteiger partial charge in [0.2, 0.25) is 0 Å². The highest BCUT2D eigenvalue weighted by Gasteiger charge is 2.34. The third-order valence-electron chi connectivity index (χ3n) is 3.27. The molecule has 3 rings (SSSR count). The van der Waals surface area contributed by atoms with Gasteiger partial charge in [-0.05, 0) is 24.3 Å². The second kappa shape index (κ2) is 5.66. The molecule has 23 heavy (non-hydrogen) atoms. The van der Waals surface area contributed by atoms with Gasteiger partial charge in [-0.25, -0.2) is 9.78 Å². The number of carbonyl (C=O) groups is 1. The number of carbonyl (C=O) groups excluding carboxylic acids is 1. The van der Waals surface area contributed by atoms with Crippen molar-refractivity contribution in [2.75, 3.05) is 7.11 Å². The van der Waals surface area contributed by atoms with Gasteiger partial charge in [0.1, 0.15) is 5.01 Å². The van der Waals surface area contributed by atoms with Crippen LogP contribution >= 0.6 is 11.3 Å². The zero-order valence-electron chi connectivity index (χ0n) is 11.8. The minimum atomic E-state index is -4.45. The highest BCUT2D eigenvalue weighted by molar-refractivity contribution is 7.21. The van der Waals surface area contributed by atoms with Gasteiger partial charge >= 0.3 is 12.1 Å². The number of rotatable bonds is 2. The van der Waals surface area contributed by atoms with Gasteiger partial charge in [-0.1, -0.05) is 18.2 Å². The molecule has 0 spiro atoms. The Morgan fingerprint density at radius 3 is 2.61 bits per heavy atom. The molecule has 0 atom stereocenters. The van der Waals surface area contributed by atoms with Crippen molar-refractivity contribution in [1.29, 1.82) is 0 Å². The van der Waals surface area contributed by atoms with E-state index >= 15 is 0 Å². The van der Waals surface area contributed by atoms with Gasteiger partial charge < -0.3 is 4.74 Å². The van der Waals surface area contributed by atoms with E-state index in [1.54, 1.807) is 12.1 Å². The van der Waals surface area contributed by atoms with Crippen molar-refractivity contribution < 1.29 is 22.7 Å². The summed E-state index contributed by atoms with van der Waals surface area (Å²) in [6.45, 7) is 0. The van der Waals surface area contributed by atoms with E-state index in [0.717, 1.165) is 17.4 Å². The molecule has 1 aromatic heterocycles. The molecule has 0 bridgehead atoms. The number of thiazole rings is 1. The van der Waals surface area contributed by atoms with Crippen molar-refractivity contribution in [3.8, 4) is 10.6 Å².